The minimum absolute atomic E-state index is 0. The Bertz CT molecular complexity index is 5710. The van der Waals surface area contributed by atoms with Crippen molar-refractivity contribution in [1.82, 2.24) is 73.0 Å². The molecule has 12 heterocycles. The molecule has 3 aromatic carbocycles. The minimum Gasteiger partial charge on any atom is -0.397 e. The Hall–Kier alpha value is -12.0. The van der Waals surface area contributed by atoms with Crippen molar-refractivity contribution < 1.29 is 67.1 Å². The molecule has 6 N–H and O–H groups in total. The van der Waals surface area contributed by atoms with Crippen molar-refractivity contribution in [2.45, 2.75) is 108 Å². The summed E-state index contributed by atoms with van der Waals surface area (Å²) in [6.07, 6.45) is -11.6. The fraction of sp³-hybridized carbons (Fsp3) is 0.455. The molecule has 9 aromatic rings. The van der Waals surface area contributed by atoms with E-state index in [0.29, 0.717) is 39.3 Å². The van der Waals surface area contributed by atoms with E-state index in [-0.39, 0.29) is 237 Å². The third kappa shape index (κ3) is 20.3. The summed E-state index contributed by atoms with van der Waals surface area (Å²) < 4.78 is 177. The number of benzene rings is 3. The van der Waals surface area contributed by atoms with Crippen molar-refractivity contribution in [3.05, 3.63) is 174 Å². The van der Waals surface area contributed by atoms with Crippen LogP contribution in [0.25, 0.3) is 49.8 Å². The first kappa shape index (κ1) is 104. The van der Waals surface area contributed by atoms with Gasteiger partial charge in [0.25, 0.3) is 16.7 Å². The van der Waals surface area contributed by atoms with E-state index in [2.05, 4.69) is 106 Å². The normalized spacial score (nSPS) is 15.8. The van der Waals surface area contributed by atoms with Crippen LogP contribution in [0.3, 0.4) is 0 Å². The number of piperazine rings is 3. The molecule has 132 heavy (non-hydrogen) atoms. The Balaban J connectivity index is 0.000000219. The first-order valence-electron chi connectivity index (χ1n) is 41.4. The van der Waals surface area contributed by atoms with Crippen molar-refractivity contribution in [3.63, 3.8) is 0 Å². The highest BCUT2D eigenvalue weighted by Gasteiger charge is 2.45. The Morgan fingerprint density at radius 2 is 0.682 bits per heavy atom. The molecule has 3 amide bonds. The number of alkyl halides is 9. The molecule has 0 saturated carbocycles. The Labute approximate surface area is 765 Å². The number of nitrogens with zero attached hydrogens (tertiary/aromatic N) is 21. The number of hydrogen-bond acceptors (Lipinski definition) is 24. The molecule has 0 bridgehead atoms. The Morgan fingerprint density at radius 1 is 0.402 bits per heavy atom. The number of carbonyl (C=O) groups excluding carboxylic acids is 3. The van der Waals surface area contributed by atoms with E-state index in [4.69, 9.17) is 40.4 Å². The SMILES string of the molecule is C.C.C.C.C=CC(=O)N1CCN(c2nc(N3CC(N(CC)CC)C3)nc3c(=O)n(-c4c(F)ccc(Cl)c4N)c(C(F)(F)F)cc23)CC1.C=CC(=O)N1CCN(c2nc(N3CC(N(CC)CC)C3)nc3c(=O)n(-c4c(N)ccc(Cl)c4F)c(C(F)(F)F)cc23)CC1.C=CC(=O)N1CCN(c2nc(N3CC(N(CC)CC)C3)nc3c(=O)n(-c4c(N)cccc4F)c(C(F)(F)F)cc23)CC1. The fourth-order valence-corrected chi connectivity index (χ4v) is 17.1. The molecule has 44 heteroatoms. The molecule has 0 unspecified atom stereocenters. The maximum absolute atomic E-state index is 15.2. The summed E-state index contributed by atoms with van der Waals surface area (Å²) in [6, 6.07) is 10.5. The largest absolute Gasteiger partial charge is 0.431 e. The third-order valence-corrected chi connectivity index (χ3v) is 24.5. The van der Waals surface area contributed by atoms with E-state index in [1.165, 1.54) is 30.4 Å². The number of rotatable bonds is 21. The summed E-state index contributed by atoms with van der Waals surface area (Å²) in [7, 11) is 0. The van der Waals surface area contributed by atoms with Gasteiger partial charge in [-0.15, -0.1) is 0 Å². The van der Waals surface area contributed by atoms with E-state index in [0.717, 1.165) is 87.8 Å². The van der Waals surface area contributed by atoms with Gasteiger partial charge >= 0.3 is 18.5 Å². The predicted octanol–water partition coefficient (Wildman–Crippen LogP) is 12.5. The van der Waals surface area contributed by atoms with Crippen LogP contribution in [-0.2, 0) is 32.9 Å². The van der Waals surface area contributed by atoms with Crippen LogP contribution in [-0.4, -0.2) is 266 Å². The number of likely N-dealkylation sites (N-methyl/N-ethyl adjacent to an activating group) is 3. The van der Waals surface area contributed by atoms with Crippen molar-refractivity contribution in [1.29, 1.82) is 0 Å². The van der Waals surface area contributed by atoms with Crippen LogP contribution in [0.2, 0.25) is 10.0 Å². The van der Waals surface area contributed by atoms with Gasteiger partial charge in [0.2, 0.25) is 35.6 Å². The topological polar surface area (TPSA) is 311 Å². The maximum Gasteiger partial charge on any atom is 0.431 e. The molecule has 0 atom stereocenters. The van der Waals surface area contributed by atoms with E-state index in [1.807, 2.05) is 14.7 Å². The Kier molecular flexibility index (Phi) is 32.9. The van der Waals surface area contributed by atoms with E-state index < -0.39 is 103 Å². The maximum atomic E-state index is 15.2. The number of halogens is 14. The second-order valence-electron chi connectivity index (χ2n) is 31.0. The molecule has 0 radical (unpaired) electrons. The minimum atomic E-state index is -5.09. The highest BCUT2D eigenvalue weighted by Crippen LogP contribution is 2.43. The molecule has 6 aliphatic heterocycles. The Morgan fingerprint density at radius 3 is 0.970 bits per heavy atom. The summed E-state index contributed by atoms with van der Waals surface area (Å²) in [5.41, 5.74) is 5.28. The zero-order chi connectivity index (χ0) is 92.8. The first-order chi connectivity index (χ1) is 60.7. The quantitative estimate of drug-likeness (QED) is 0.0342. The average molecular weight is 1900 g/mol. The molecule has 6 saturated heterocycles. The zero-order valence-corrected chi connectivity index (χ0v) is 72.2. The molecule has 6 aromatic heterocycles. The lowest BCUT2D eigenvalue weighted by molar-refractivity contribution is -0.143. The van der Waals surface area contributed by atoms with Crippen LogP contribution in [0.15, 0.2) is 113 Å². The summed E-state index contributed by atoms with van der Waals surface area (Å²) in [5.74, 6) is -3.39. The lowest BCUT2D eigenvalue weighted by atomic mass is 10.1. The van der Waals surface area contributed by atoms with Gasteiger partial charge in [-0.1, -0.05) is 120 Å². The third-order valence-electron chi connectivity index (χ3n) is 23.9. The standard InChI is InChI=1S/2C28H31ClF4N8O2.C28H32F4N8O2.4CH4/c1-4-21(42)38-9-11-39(12-10-38)25-17-13-20(28(31,32)33)41(24-19(34)8-7-18(29)22(24)30)26(43)23(17)35-27(36-25)40-14-16(15-40)37(5-2)6-3;1-4-21(42)38-9-11-39(12-10-38)25-17-13-20(28(31,32)33)41(24-19(30)8-7-18(29)22(24)34)26(43)23(17)35-27(36-25)40-14-16(15-40)37(5-2)6-3;1-4-22(41)37-10-12-38(13-11-37)25-18-14-21(28(30,31)32)40(24-19(29)8-7-9-20(24)33)26(42)23(18)34-27(35-25)39-15-17(16-39)36(5-2)6-3;;;;/h2*4,7-8,13,16H,1,5-6,9-12,14-15,34H2,2-3H3;4,7-9,14,17H,1,5-6,10-13,15-16,33H2,2-3H3;4*1H4. The highest BCUT2D eigenvalue weighted by molar-refractivity contribution is 6.33. The van der Waals surface area contributed by atoms with E-state index >= 15 is 8.78 Å². The van der Waals surface area contributed by atoms with Gasteiger partial charge in [-0.3, -0.25) is 57.2 Å². The van der Waals surface area contributed by atoms with Crippen molar-refractivity contribution in [2.24, 2.45) is 0 Å². The number of hydrogen-bond donors (Lipinski definition) is 3. The first-order valence-corrected chi connectivity index (χ1v) is 42.1. The fourth-order valence-electron chi connectivity index (χ4n) is 16.8. The van der Waals surface area contributed by atoms with Crippen LogP contribution in [0.5, 0.6) is 0 Å². The van der Waals surface area contributed by atoms with Crippen LogP contribution >= 0.6 is 23.2 Å². The van der Waals surface area contributed by atoms with E-state index in [9.17, 15) is 72.7 Å². The van der Waals surface area contributed by atoms with Gasteiger partial charge in [0.05, 0.1) is 43.3 Å². The number of para-hydroxylation sites is 1. The number of aromatic nitrogens is 9. The molecule has 0 aliphatic carbocycles. The number of anilines is 9. The van der Waals surface area contributed by atoms with Gasteiger partial charge < -0.3 is 61.3 Å². The monoisotopic (exact) mass is 1900 g/mol. The average Bonchev–Trinajstić information content (AvgIpc) is 0.735. The number of nitrogen functional groups attached to an aromatic ring is 3. The van der Waals surface area contributed by atoms with E-state index in [1.54, 1.807) is 29.4 Å². The summed E-state index contributed by atoms with van der Waals surface area (Å²) in [6.45, 7) is 34.4. The van der Waals surface area contributed by atoms with Gasteiger partial charge in [0.15, 0.2) is 5.82 Å². The lowest BCUT2D eigenvalue weighted by Gasteiger charge is -2.45. The number of nitrogens with two attached hydrogens (primary N) is 3. The second kappa shape index (κ2) is 41.8. The van der Waals surface area contributed by atoms with Crippen LogP contribution in [0, 0.1) is 17.5 Å². The number of amides is 3. The van der Waals surface area contributed by atoms with Gasteiger partial charge in [-0.25, -0.2) is 28.1 Å². The molecule has 15 rings (SSSR count). The van der Waals surface area contributed by atoms with Crippen LogP contribution in [0.1, 0.15) is 88.3 Å². The summed E-state index contributed by atoms with van der Waals surface area (Å²) in [5, 5.41) is -1.13. The lowest BCUT2D eigenvalue weighted by Crippen LogP contribution is -2.60. The van der Waals surface area contributed by atoms with Crippen LogP contribution in [0.4, 0.5) is 105 Å². The molecule has 0 spiro atoms. The predicted molar refractivity (Wildman–Crippen MR) is 494 cm³/mol. The van der Waals surface area contributed by atoms with Crippen LogP contribution < -0.4 is 63.3 Å². The van der Waals surface area contributed by atoms with Crippen molar-refractivity contribution in [2.75, 3.05) is 204 Å². The zero-order valence-electron chi connectivity index (χ0n) is 70.7. The van der Waals surface area contributed by atoms with Gasteiger partial charge in [0.1, 0.15) is 79.8 Å². The molecule has 716 valence electrons. The summed E-state index contributed by atoms with van der Waals surface area (Å²) >= 11 is 11.9. The number of carbonyl (C=O) groups is 3. The highest BCUT2D eigenvalue weighted by atomic mass is 35.5. The number of fused-ring (bicyclic) bond motifs is 3. The molecule has 30 nitrogen and oxygen atoms in total. The van der Waals surface area contributed by atoms with Gasteiger partial charge in [-0.2, -0.15) is 54.5 Å². The molecular formula is C88H110Cl2F12N24O6. The molecule has 6 fully saturated rings. The van der Waals surface area contributed by atoms with Crippen molar-refractivity contribution in [3.8, 4) is 17.1 Å². The van der Waals surface area contributed by atoms with Crippen molar-refractivity contribution >= 4 is 126 Å². The smallest absolute Gasteiger partial charge is 0.397 e. The second-order valence-corrected chi connectivity index (χ2v) is 31.8. The van der Waals surface area contributed by atoms with Gasteiger partial charge in [-0.05, 0) is 112 Å². The molecular weight excluding hydrogens is 1790 g/mol. The van der Waals surface area contributed by atoms with Gasteiger partial charge in [0, 0.05) is 136 Å². The summed E-state index contributed by atoms with van der Waals surface area (Å²) in [4.78, 5) is 128. The molecule has 6 aliphatic rings. The number of pyridine rings is 3.